The highest BCUT2D eigenvalue weighted by Crippen LogP contribution is 2.34. The SMILES string of the molecule is O=C(CCc1nccs1)c1ccc(N2CC3=C(CN(C(=O)c4ccccc4C(F)(F)F)C3)C2)nc1. The van der Waals surface area contributed by atoms with Crippen LogP contribution in [0.15, 0.2) is 65.3 Å². The van der Waals surface area contributed by atoms with E-state index in [1.807, 2.05) is 10.3 Å². The van der Waals surface area contributed by atoms with Gasteiger partial charge in [-0.2, -0.15) is 13.2 Å². The molecule has 2 aliphatic rings. The molecule has 10 heteroatoms. The Labute approximate surface area is 203 Å². The zero-order valence-corrected chi connectivity index (χ0v) is 19.4. The Balaban J connectivity index is 1.19. The monoisotopic (exact) mass is 498 g/mol. The molecule has 5 rings (SSSR count). The molecule has 0 saturated carbocycles. The molecule has 1 amide bonds. The smallest absolute Gasteiger partial charge is 0.348 e. The maximum Gasteiger partial charge on any atom is 0.417 e. The van der Waals surface area contributed by atoms with Crippen molar-refractivity contribution in [1.29, 1.82) is 0 Å². The fraction of sp³-hybridized carbons (Fsp3) is 0.280. The van der Waals surface area contributed by atoms with Crippen molar-refractivity contribution in [3.8, 4) is 0 Å². The van der Waals surface area contributed by atoms with Crippen LogP contribution in [0.2, 0.25) is 0 Å². The van der Waals surface area contributed by atoms with Crippen LogP contribution in [0.25, 0.3) is 0 Å². The van der Waals surface area contributed by atoms with Gasteiger partial charge < -0.3 is 9.80 Å². The number of thiazole rings is 1. The maximum atomic E-state index is 13.3. The van der Waals surface area contributed by atoms with Gasteiger partial charge in [0.05, 0.1) is 16.1 Å². The van der Waals surface area contributed by atoms with E-state index in [1.165, 1.54) is 34.4 Å². The second kappa shape index (κ2) is 9.26. The number of anilines is 1. The molecule has 0 saturated heterocycles. The molecule has 1 aromatic carbocycles. The van der Waals surface area contributed by atoms with Crippen LogP contribution in [0.3, 0.4) is 0 Å². The van der Waals surface area contributed by atoms with E-state index in [2.05, 4.69) is 9.97 Å². The van der Waals surface area contributed by atoms with Gasteiger partial charge in [0, 0.05) is 62.4 Å². The number of benzene rings is 1. The zero-order chi connectivity index (χ0) is 24.6. The van der Waals surface area contributed by atoms with Crippen molar-refractivity contribution in [3.05, 3.63) is 87.0 Å². The summed E-state index contributed by atoms with van der Waals surface area (Å²) in [5.41, 5.74) is 1.35. The first kappa shape index (κ1) is 23.2. The Kier molecular flexibility index (Phi) is 6.14. The van der Waals surface area contributed by atoms with Crippen LogP contribution < -0.4 is 4.90 Å². The van der Waals surface area contributed by atoms with E-state index in [9.17, 15) is 22.8 Å². The highest BCUT2D eigenvalue weighted by molar-refractivity contribution is 7.09. The van der Waals surface area contributed by atoms with Gasteiger partial charge in [-0.3, -0.25) is 9.59 Å². The van der Waals surface area contributed by atoms with Crippen molar-refractivity contribution >= 4 is 28.8 Å². The van der Waals surface area contributed by atoms with Gasteiger partial charge >= 0.3 is 6.18 Å². The Bertz CT molecular complexity index is 1270. The number of Topliss-reactive ketones (excluding diaryl/α,β-unsaturated/α-hetero) is 1. The molecule has 0 unspecified atom stereocenters. The number of aromatic nitrogens is 2. The van der Waals surface area contributed by atoms with Crippen LogP contribution >= 0.6 is 11.3 Å². The van der Waals surface area contributed by atoms with Crippen molar-refractivity contribution in [3.63, 3.8) is 0 Å². The van der Waals surface area contributed by atoms with Gasteiger partial charge in [-0.25, -0.2) is 9.97 Å². The van der Waals surface area contributed by atoms with Crippen LogP contribution in [0.1, 0.15) is 37.7 Å². The second-order valence-electron chi connectivity index (χ2n) is 8.52. The topological polar surface area (TPSA) is 66.4 Å². The Hall–Kier alpha value is -3.53. The summed E-state index contributed by atoms with van der Waals surface area (Å²) in [5.74, 6) is 0.114. The Morgan fingerprint density at radius 2 is 1.71 bits per heavy atom. The number of halogens is 3. The van der Waals surface area contributed by atoms with E-state index in [0.29, 0.717) is 44.6 Å². The molecule has 0 fully saturated rings. The highest BCUT2D eigenvalue weighted by Gasteiger charge is 2.38. The van der Waals surface area contributed by atoms with E-state index in [0.717, 1.165) is 28.0 Å². The number of rotatable bonds is 6. The Morgan fingerprint density at radius 1 is 0.971 bits per heavy atom. The molecule has 4 heterocycles. The molecule has 6 nitrogen and oxygen atoms in total. The van der Waals surface area contributed by atoms with Crippen molar-refractivity contribution in [2.24, 2.45) is 0 Å². The molecule has 0 aliphatic carbocycles. The van der Waals surface area contributed by atoms with E-state index in [-0.39, 0.29) is 11.3 Å². The first-order valence-electron chi connectivity index (χ1n) is 11.1. The lowest BCUT2D eigenvalue weighted by Gasteiger charge is -2.24. The largest absolute Gasteiger partial charge is 0.417 e. The molecule has 2 aliphatic heterocycles. The number of hydrogen-bond acceptors (Lipinski definition) is 6. The second-order valence-corrected chi connectivity index (χ2v) is 9.50. The minimum absolute atomic E-state index is 0.00887. The predicted molar refractivity (Wildman–Crippen MR) is 126 cm³/mol. The molecule has 0 radical (unpaired) electrons. The number of carbonyl (C=O) groups excluding carboxylic acids is 2. The third-order valence-corrected chi connectivity index (χ3v) is 7.06. The number of alkyl halides is 3. The third kappa shape index (κ3) is 4.84. The fourth-order valence-corrected chi connectivity index (χ4v) is 5.07. The lowest BCUT2D eigenvalue weighted by atomic mass is 10.1. The van der Waals surface area contributed by atoms with Crippen molar-refractivity contribution in [1.82, 2.24) is 14.9 Å². The fourth-order valence-electron chi connectivity index (χ4n) is 4.45. The molecular weight excluding hydrogens is 477 g/mol. The van der Waals surface area contributed by atoms with Crippen LogP contribution in [0, 0.1) is 0 Å². The summed E-state index contributed by atoms with van der Waals surface area (Å²) in [6.07, 6.45) is -0.316. The molecule has 0 bridgehead atoms. The van der Waals surface area contributed by atoms with Gasteiger partial charge in [0.15, 0.2) is 5.78 Å². The number of amides is 1. The highest BCUT2D eigenvalue weighted by atomic mass is 32.1. The summed E-state index contributed by atoms with van der Waals surface area (Å²) in [6, 6.07) is 8.46. The van der Waals surface area contributed by atoms with Crippen LogP contribution in [0.5, 0.6) is 0 Å². The number of aryl methyl sites for hydroxylation is 1. The summed E-state index contributed by atoms with van der Waals surface area (Å²) in [7, 11) is 0. The van der Waals surface area contributed by atoms with Gasteiger partial charge in [-0.1, -0.05) is 12.1 Å². The molecular formula is C25H21F3N4O2S. The van der Waals surface area contributed by atoms with Gasteiger partial charge in [-0.05, 0) is 35.4 Å². The lowest BCUT2D eigenvalue weighted by Crippen LogP contribution is -2.35. The predicted octanol–water partition coefficient (Wildman–Crippen LogP) is 4.65. The van der Waals surface area contributed by atoms with Gasteiger partial charge in [0.25, 0.3) is 5.91 Å². The molecule has 180 valence electrons. The summed E-state index contributed by atoms with van der Waals surface area (Å²) >= 11 is 1.52. The van der Waals surface area contributed by atoms with Gasteiger partial charge in [0.2, 0.25) is 0 Å². The summed E-state index contributed by atoms with van der Waals surface area (Å²) in [4.78, 5) is 37.5. The first-order chi connectivity index (χ1) is 16.8. The van der Waals surface area contributed by atoms with Crippen molar-refractivity contribution in [2.75, 3.05) is 31.1 Å². The minimum Gasteiger partial charge on any atom is -0.348 e. The van der Waals surface area contributed by atoms with Gasteiger partial charge in [-0.15, -0.1) is 11.3 Å². The van der Waals surface area contributed by atoms with E-state index < -0.39 is 17.6 Å². The number of nitrogens with zero attached hydrogens (tertiary/aromatic N) is 4. The molecule has 3 aromatic rings. The summed E-state index contributed by atoms with van der Waals surface area (Å²) in [6.45, 7) is 1.68. The quantitative estimate of drug-likeness (QED) is 0.366. The first-order valence-corrected chi connectivity index (χ1v) is 12.0. The third-order valence-electron chi connectivity index (χ3n) is 6.22. The number of carbonyl (C=O) groups is 2. The average molecular weight is 499 g/mol. The van der Waals surface area contributed by atoms with E-state index in [4.69, 9.17) is 0 Å². The van der Waals surface area contributed by atoms with E-state index >= 15 is 0 Å². The summed E-state index contributed by atoms with van der Waals surface area (Å²) in [5, 5.41) is 2.81. The molecule has 0 spiro atoms. The number of pyridine rings is 1. The van der Waals surface area contributed by atoms with E-state index in [1.54, 1.807) is 24.5 Å². The lowest BCUT2D eigenvalue weighted by molar-refractivity contribution is -0.138. The number of hydrogen-bond donors (Lipinski definition) is 0. The average Bonchev–Trinajstić information content (AvgIpc) is 3.58. The molecule has 35 heavy (non-hydrogen) atoms. The number of ketones is 1. The Morgan fingerprint density at radius 3 is 2.34 bits per heavy atom. The van der Waals surface area contributed by atoms with Crippen LogP contribution in [-0.4, -0.2) is 52.7 Å². The maximum absolute atomic E-state index is 13.3. The molecule has 0 N–H and O–H groups in total. The van der Waals surface area contributed by atoms with Gasteiger partial charge in [0.1, 0.15) is 5.82 Å². The van der Waals surface area contributed by atoms with Crippen molar-refractivity contribution in [2.45, 2.75) is 19.0 Å². The molecule has 0 atom stereocenters. The summed E-state index contributed by atoms with van der Waals surface area (Å²) < 4.78 is 40.0. The van der Waals surface area contributed by atoms with Crippen LogP contribution in [0.4, 0.5) is 19.0 Å². The minimum atomic E-state index is -4.58. The molecule has 2 aromatic heterocycles. The zero-order valence-electron chi connectivity index (χ0n) is 18.6. The normalized spacial score (nSPS) is 15.6. The van der Waals surface area contributed by atoms with Crippen molar-refractivity contribution < 1.29 is 22.8 Å². The standard InChI is InChI=1S/C25H21F3N4O2S/c26-25(27,28)20-4-2-1-3-19(20)24(34)32-14-17-12-31(13-18(17)15-32)22-7-5-16(11-30-22)21(33)6-8-23-29-9-10-35-23/h1-5,7,9-11H,6,8,12-15H2. The van der Waals surface area contributed by atoms with Crippen LogP contribution in [-0.2, 0) is 12.6 Å².